The predicted molar refractivity (Wildman–Crippen MR) is 80.9 cm³/mol. The number of aliphatic hydroxyl groups excluding tert-OH is 1. The first kappa shape index (κ1) is 14.1. The molecule has 0 atom stereocenters. The quantitative estimate of drug-likeness (QED) is 0.907. The molecule has 21 heavy (non-hydrogen) atoms. The third-order valence-corrected chi connectivity index (χ3v) is 4.15. The molecule has 0 aromatic carbocycles. The van der Waals surface area contributed by atoms with Crippen molar-refractivity contribution in [1.82, 2.24) is 14.2 Å². The molecule has 3 heterocycles. The molecule has 0 bridgehead atoms. The molecule has 0 aliphatic carbocycles. The van der Waals surface area contributed by atoms with E-state index in [1.807, 2.05) is 28.8 Å². The highest BCUT2D eigenvalue weighted by Gasteiger charge is 2.19. The van der Waals surface area contributed by atoms with Crippen molar-refractivity contribution in [2.45, 2.75) is 6.54 Å². The van der Waals surface area contributed by atoms with Crippen LogP contribution in [0.3, 0.4) is 0 Å². The van der Waals surface area contributed by atoms with Crippen LogP contribution in [0.1, 0.15) is 11.1 Å². The van der Waals surface area contributed by atoms with Crippen molar-refractivity contribution in [2.24, 2.45) is 0 Å². The number of β-amino-alcohol motifs (C(OH)–C–C–N with tert-alkyl or cyclic N) is 1. The van der Waals surface area contributed by atoms with Gasteiger partial charge in [0.05, 0.1) is 17.7 Å². The number of piperazine rings is 1. The third-order valence-electron chi connectivity index (χ3n) is 4.15. The maximum absolute atomic E-state index is 9.43. The van der Waals surface area contributed by atoms with Gasteiger partial charge in [0, 0.05) is 57.2 Å². The summed E-state index contributed by atoms with van der Waals surface area (Å²) in [5.41, 5.74) is 2.86. The number of aliphatic hydroxyl groups is 1. The Hall–Kier alpha value is -1.87. The highest BCUT2D eigenvalue weighted by molar-refractivity contribution is 5.65. The second-order valence-electron chi connectivity index (χ2n) is 5.48. The molecule has 2 aromatic heterocycles. The van der Waals surface area contributed by atoms with Gasteiger partial charge in [-0.2, -0.15) is 5.26 Å². The summed E-state index contributed by atoms with van der Waals surface area (Å²) >= 11 is 0. The van der Waals surface area contributed by atoms with Gasteiger partial charge >= 0.3 is 0 Å². The molecular formula is C16H20N4O. The van der Waals surface area contributed by atoms with Gasteiger partial charge in [-0.25, -0.2) is 0 Å². The van der Waals surface area contributed by atoms with Crippen LogP contribution in [-0.4, -0.2) is 58.6 Å². The van der Waals surface area contributed by atoms with E-state index < -0.39 is 0 Å². The molecule has 0 saturated carbocycles. The van der Waals surface area contributed by atoms with E-state index in [0.717, 1.165) is 55.9 Å². The Morgan fingerprint density at radius 3 is 2.62 bits per heavy atom. The first-order valence-electron chi connectivity index (χ1n) is 7.36. The van der Waals surface area contributed by atoms with Crippen molar-refractivity contribution >= 4 is 5.52 Å². The maximum Gasteiger partial charge on any atom is 0.102 e. The number of fused-ring (bicyclic) bond motifs is 1. The molecule has 0 spiro atoms. The SMILES string of the molecule is N#Cc1c(CN2CCN(CCO)CC2)cn2ccccc12. The Morgan fingerprint density at radius 1 is 1.14 bits per heavy atom. The van der Waals surface area contributed by atoms with Crippen LogP contribution < -0.4 is 0 Å². The van der Waals surface area contributed by atoms with Gasteiger partial charge in [0.25, 0.3) is 0 Å². The molecular weight excluding hydrogens is 264 g/mol. The van der Waals surface area contributed by atoms with E-state index in [1.165, 1.54) is 0 Å². The summed E-state index contributed by atoms with van der Waals surface area (Å²) in [6.45, 7) is 5.73. The molecule has 0 radical (unpaired) electrons. The van der Waals surface area contributed by atoms with Crippen LogP contribution in [0, 0.1) is 11.3 Å². The molecule has 1 aliphatic heterocycles. The number of nitriles is 1. The Kier molecular flexibility index (Phi) is 4.20. The van der Waals surface area contributed by atoms with Gasteiger partial charge in [-0.05, 0) is 12.1 Å². The van der Waals surface area contributed by atoms with Crippen molar-refractivity contribution in [3.8, 4) is 6.07 Å². The maximum atomic E-state index is 9.43. The van der Waals surface area contributed by atoms with Crippen LogP contribution in [-0.2, 0) is 6.54 Å². The van der Waals surface area contributed by atoms with Crippen molar-refractivity contribution < 1.29 is 5.11 Å². The van der Waals surface area contributed by atoms with Gasteiger partial charge < -0.3 is 9.51 Å². The average molecular weight is 284 g/mol. The zero-order valence-corrected chi connectivity index (χ0v) is 12.1. The van der Waals surface area contributed by atoms with Crippen LogP contribution in [0.4, 0.5) is 0 Å². The van der Waals surface area contributed by atoms with Gasteiger partial charge in [0.2, 0.25) is 0 Å². The summed E-state index contributed by atoms with van der Waals surface area (Å²) in [6, 6.07) is 8.28. The van der Waals surface area contributed by atoms with Crippen LogP contribution in [0.25, 0.3) is 5.52 Å². The summed E-state index contributed by atoms with van der Waals surface area (Å²) < 4.78 is 2.02. The Balaban J connectivity index is 1.73. The lowest BCUT2D eigenvalue weighted by Gasteiger charge is -2.34. The Labute approximate surface area is 124 Å². The summed E-state index contributed by atoms with van der Waals surface area (Å²) in [5, 5.41) is 18.4. The molecule has 5 heteroatoms. The van der Waals surface area contributed by atoms with Gasteiger partial charge in [-0.1, -0.05) is 6.07 Å². The molecule has 2 aromatic rings. The number of rotatable bonds is 4. The summed E-state index contributed by atoms with van der Waals surface area (Å²) in [7, 11) is 0. The minimum absolute atomic E-state index is 0.226. The monoisotopic (exact) mass is 284 g/mol. The Morgan fingerprint density at radius 2 is 1.90 bits per heavy atom. The molecule has 1 saturated heterocycles. The molecule has 0 amide bonds. The summed E-state index contributed by atoms with van der Waals surface area (Å²) in [6.07, 6.45) is 4.05. The molecule has 110 valence electrons. The number of nitrogens with zero attached hydrogens (tertiary/aromatic N) is 4. The minimum atomic E-state index is 0.226. The molecule has 3 rings (SSSR count). The zero-order valence-electron chi connectivity index (χ0n) is 12.1. The van der Waals surface area contributed by atoms with Gasteiger partial charge in [-0.3, -0.25) is 9.80 Å². The molecule has 1 fully saturated rings. The summed E-state index contributed by atoms with van der Waals surface area (Å²) in [4.78, 5) is 4.65. The minimum Gasteiger partial charge on any atom is -0.395 e. The molecule has 5 nitrogen and oxygen atoms in total. The highest BCUT2D eigenvalue weighted by Crippen LogP contribution is 2.20. The van der Waals surface area contributed by atoms with Crippen LogP contribution in [0.2, 0.25) is 0 Å². The lowest BCUT2D eigenvalue weighted by atomic mass is 10.1. The largest absolute Gasteiger partial charge is 0.395 e. The molecule has 1 aliphatic rings. The van der Waals surface area contributed by atoms with E-state index in [4.69, 9.17) is 5.11 Å². The fourth-order valence-electron chi connectivity index (χ4n) is 2.98. The third kappa shape index (κ3) is 2.93. The second-order valence-corrected chi connectivity index (χ2v) is 5.48. The molecule has 1 N–H and O–H groups in total. The predicted octanol–water partition coefficient (Wildman–Crippen LogP) is 0.921. The Bertz CT molecular complexity index is 650. The number of aromatic nitrogens is 1. The smallest absolute Gasteiger partial charge is 0.102 e. The van der Waals surface area contributed by atoms with E-state index in [1.54, 1.807) is 0 Å². The molecule has 0 unspecified atom stereocenters. The lowest BCUT2D eigenvalue weighted by Crippen LogP contribution is -2.46. The van der Waals surface area contributed by atoms with Crippen LogP contribution in [0.5, 0.6) is 0 Å². The van der Waals surface area contributed by atoms with Gasteiger partial charge in [-0.15, -0.1) is 0 Å². The second kappa shape index (κ2) is 6.27. The fourth-order valence-corrected chi connectivity index (χ4v) is 2.98. The summed E-state index contributed by atoms with van der Waals surface area (Å²) in [5.74, 6) is 0. The van der Waals surface area contributed by atoms with E-state index in [9.17, 15) is 5.26 Å². The number of pyridine rings is 1. The van der Waals surface area contributed by atoms with Gasteiger partial charge in [0.15, 0.2) is 0 Å². The zero-order chi connectivity index (χ0) is 14.7. The van der Waals surface area contributed by atoms with E-state index in [2.05, 4.69) is 22.1 Å². The van der Waals surface area contributed by atoms with Gasteiger partial charge in [0.1, 0.15) is 6.07 Å². The van der Waals surface area contributed by atoms with E-state index in [-0.39, 0.29) is 6.61 Å². The standard InChI is InChI=1S/C16H20N4O/c17-11-15-14(13-20-4-2-1-3-16(15)20)12-19-7-5-18(6-8-19)9-10-21/h1-4,13,21H,5-10,12H2. The fraction of sp³-hybridized carbons (Fsp3) is 0.438. The van der Waals surface area contributed by atoms with Crippen LogP contribution in [0.15, 0.2) is 30.6 Å². The first-order valence-corrected chi connectivity index (χ1v) is 7.36. The first-order chi connectivity index (χ1) is 10.3. The topological polar surface area (TPSA) is 54.9 Å². The van der Waals surface area contributed by atoms with E-state index in [0.29, 0.717) is 0 Å². The normalized spacial score (nSPS) is 17.1. The lowest BCUT2D eigenvalue weighted by molar-refractivity contribution is 0.108. The van der Waals surface area contributed by atoms with Crippen molar-refractivity contribution in [2.75, 3.05) is 39.3 Å². The number of hydrogen-bond acceptors (Lipinski definition) is 4. The van der Waals surface area contributed by atoms with Crippen molar-refractivity contribution in [3.05, 3.63) is 41.7 Å². The van der Waals surface area contributed by atoms with Crippen molar-refractivity contribution in [1.29, 1.82) is 5.26 Å². The highest BCUT2D eigenvalue weighted by atomic mass is 16.3. The van der Waals surface area contributed by atoms with Crippen LogP contribution >= 0.6 is 0 Å². The average Bonchev–Trinajstić information content (AvgIpc) is 2.86. The van der Waals surface area contributed by atoms with E-state index >= 15 is 0 Å². The number of hydrogen-bond donors (Lipinski definition) is 1. The van der Waals surface area contributed by atoms with Crippen molar-refractivity contribution in [3.63, 3.8) is 0 Å².